The van der Waals surface area contributed by atoms with Crippen LogP contribution in [-0.4, -0.2) is 32.3 Å². The number of nitrogens with zero attached hydrogens (tertiary/aromatic N) is 3. The molecule has 1 aliphatic carbocycles. The number of para-hydroxylation sites is 1. The lowest BCUT2D eigenvalue weighted by atomic mass is 9.95. The highest BCUT2D eigenvalue weighted by Gasteiger charge is 2.42. The van der Waals surface area contributed by atoms with Gasteiger partial charge in [0.25, 0.3) is 5.91 Å². The minimum absolute atomic E-state index is 0.180. The maximum atomic E-state index is 13.4. The molecule has 0 saturated heterocycles. The molecule has 1 aromatic carbocycles. The van der Waals surface area contributed by atoms with Crippen LogP contribution in [0.1, 0.15) is 63.8 Å². The van der Waals surface area contributed by atoms with Crippen LogP contribution >= 0.6 is 0 Å². The fourth-order valence-electron chi connectivity index (χ4n) is 4.48. The second kappa shape index (κ2) is 6.07. The van der Waals surface area contributed by atoms with Crippen molar-refractivity contribution in [3.05, 3.63) is 71.2 Å². The number of rotatable bonds is 3. The van der Waals surface area contributed by atoms with Gasteiger partial charge in [-0.3, -0.25) is 4.79 Å². The number of oxazole rings is 1. The van der Waals surface area contributed by atoms with Gasteiger partial charge < -0.3 is 18.7 Å². The summed E-state index contributed by atoms with van der Waals surface area (Å²) in [6.45, 7) is 2.34. The molecule has 4 heterocycles. The number of aromatic nitrogens is 3. The van der Waals surface area contributed by atoms with E-state index in [1.807, 2.05) is 23.1 Å². The Morgan fingerprint density at radius 2 is 2.10 bits per heavy atom. The number of aromatic amines is 1. The fraction of sp³-hybridized carbons (Fsp3) is 0.318. The summed E-state index contributed by atoms with van der Waals surface area (Å²) in [5.74, 6) is 1.40. The third-order valence-electron chi connectivity index (χ3n) is 6.02. The molecule has 0 bridgehead atoms. The van der Waals surface area contributed by atoms with Crippen molar-refractivity contribution >= 4 is 16.9 Å². The van der Waals surface area contributed by atoms with E-state index < -0.39 is 0 Å². The van der Waals surface area contributed by atoms with Crippen molar-refractivity contribution in [2.75, 3.05) is 6.54 Å². The molecule has 146 valence electrons. The lowest BCUT2D eigenvalue weighted by Crippen LogP contribution is -2.41. The summed E-state index contributed by atoms with van der Waals surface area (Å²) in [6.07, 6.45) is 6.02. The number of amides is 1. The van der Waals surface area contributed by atoms with E-state index in [0.29, 0.717) is 24.6 Å². The van der Waals surface area contributed by atoms with E-state index in [9.17, 15) is 4.79 Å². The number of furan rings is 1. The molecular formula is C22H20N4O3. The van der Waals surface area contributed by atoms with Crippen LogP contribution in [0.5, 0.6) is 0 Å². The zero-order valence-electron chi connectivity index (χ0n) is 16.0. The summed E-state index contributed by atoms with van der Waals surface area (Å²) >= 11 is 0. The smallest absolute Gasteiger partial charge is 0.292 e. The monoisotopic (exact) mass is 388 g/mol. The van der Waals surface area contributed by atoms with Crippen molar-refractivity contribution in [3.63, 3.8) is 0 Å². The predicted molar refractivity (Wildman–Crippen MR) is 105 cm³/mol. The maximum absolute atomic E-state index is 13.4. The summed E-state index contributed by atoms with van der Waals surface area (Å²) in [5, 5.41) is 1.14. The molecule has 2 aliphatic rings. The summed E-state index contributed by atoms with van der Waals surface area (Å²) in [5.41, 5.74) is 4.57. The van der Waals surface area contributed by atoms with Gasteiger partial charge in [-0.05, 0) is 31.7 Å². The molecule has 29 heavy (non-hydrogen) atoms. The van der Waals surface area contributed by atoms with Gasteiger partial charge in [-0.2, -0.15) is 0 Å². The number of imidazole rings is 1. The first kappa shape index (κ1) is 16.6. The van der Waals surface area contributed by atoms with E-state index in [4.69, 9.17) is 8.83 Å². The van der Waals surface area contributed by atoms with Crippen LogP contribution in [0.2, 0.25) is 0 Å². The minimum Gasteiger partial charge on any atom is -0.458 e. The Bertz CT molecular complexity index is 1230. The molecule has 1 aliphatic heterocycles. The number of hydrogen-bond donors (Lipinski definition) is 1. The number of nitrogens with one attached hydrogen (secondary N) is 1. The van der Waals surface area contributed by atoms with E-state index in [2.05, 4.69) is 21.0 Å². The van der Waals surface area contributed by atoms with Gasteiger partial charge in [-0.25, -0.2) is 9.97 Å². The number of hydrogen-bond acceptors (Lipinski definition) is 5. The molecule has 1 amide bonds. The van der Waals surface area contributed by atoms with E-state index >= 15 is 0 Å². The molecule has 1 N–H and O–H groups in total. The van der Waals surface area contributed by atoms with E-state index in [0.717, 1.165) is 41.0 Å². The summed E-state index contributed by atoms with van der Waals surface area (Å²) in [4.78, 5) is 27.2. The zero-order chi connectivity index (χ0) is 19.5. The highest BCUT2D eigenvalue weighted by atomic mass is 16.4. The normalized spacial score (nSPS) is 18.9. The Labute approximate surface area is 166 Å². The van der Waals surface area contributed by atoms with Crippen LogP contribution in [0, 0.1) is 6.92 Å². The highest BCUT2D eigenvalue weighted by Crippen LogP contribution is 2.50. The first-order valence-electron chi connectivity index (χ1n) is 9.97. The van der Waals surface area contributed by atoms with Gasteiger partial charge in [0.05, 0.1) is 17.7 Å². The Balaban J connectivity index is 1.55. The number of aryl methyl sites for hydroxylation is 1. The van der Waals surface area contributed by atoms with Crippen LogP contribution in [0.3, 0.4) is 0 Å². The van der Waals surface area contributed by atoms with Crippen LogP contribution in [0.15, 0.2) is 45.8 Å². The first-order valence-corrected chi connectivity index (χ1v) is 9.97. The van der Waals surface area contributed by atoms with Gasteiger partial charge >= 0.3 is 0 Å². The predicted octanol–water partition coefficient (Wildman–Crippen LogP) is 4.12. The number of H-pyrrole nitrogens is 1. The topological polar surface area (TPSA) is 88.2 Å². The molecule has 4 aromatic rings. The number of carbonyl (C=O) groups excluding carboxylic acids is 1. The Morgan fingerprint density at radius 3 is 2.90 bits per heavy atom. The first-order chi connectivity index (χ1) is 14.2. The van der Waals surface area contributed by atoms with Crippen LogP contribution < -0.4 is 0 Å². The lowest BCUT2D eigenvalue weighted by molar-refractivity contribution is 0.0638. The summed E-state index contributed by atoms with van der Waals surface area (Å²) in [7, 11) is 0. The van der Waals surface area contributed by atoms with E-state index in [1.165, 1.54) is 12.0 Å². The summed E-state index contributed by atoms with van der Waals surface area (Å²) in [6, 6.07) is 7.73. The van der Waals surface area contributed by atoms with E-state index in [1.54, 1.807) is 13.3 Å². The Kier molecular flexibility index (Phi) is 3.47. The summed E-state index contributed by atoms with van der Waals surface area (Å²) < 4.78 is 11.8. The van der Waals surface area contributed by atoms with Gasteiger partial charge in [0.15, 0.2) is 6.39 Å². The molecule has 1 atom stereocenters. The molecule has 6 rings (SSSR count). The number of benzene rings is 1. The van der Waals surface area contributed by atoms with E-state index in [-0.39, 0.29) is 17.7 Å². The molecule has 1 fully saturated rings. The lowest BCUT2D eigenvalue weighted by Gasteiger charge is -2.33. The van der Waals surface area contributed by atoms with Gasteiger partial charge in [0.2, 0.25) is 5.76 Å². The van der Waals surface area contributed by atoms with Crippen molar-refractivity contribution in [1.82, 2.24) is 19.9 Å². The SMILES string of the molecule is Cc1ncoc1C(=O)N1CCc2[nH]cnc2[C@@H]1c1oc2ccccc2c1C1CC1. The van der Waals surface area contributed by atoms with Crippen LogP contribution in [0.25, 0.3) is 11.0 Å². The quantitative estimate of drug-likeness (QED) is 0.570. The molecule has 0 unspecified atom stereocenters. The molecule has 0 spiro atoms. The Hall–Kier alpha value is -3.35. The Morgan fingerprint density at radius 1 is 1.24 bits per heavy atom. The van der Waals surface area contributed by atoms with Gasteiger partial charge in [-0.15, -0.1) is 0 Å². The van der Waals surface area contributed by atoms with Crippen LogP contribution in [-0.2, 0) is 6.42 Å². The molecule has 0 radical (unpaired) electrons. The van der Waals surface area contributed by atoms with Crippen molar-refractivity contribution in [2.45, 2.75) is 38.1 Å². The minimum atomic E-state index is -0.384. The second-order valence-corrected chi connectivity index (χ2v) is 7.83. The standard InChI is InChI=1S/C22H20N4O3/c1-12-20(28-11-25-12)22(27)26-9-8-15-18(24-10-23-15)19(26)21-17(13-6-7-13)14-4-2-3-5-16(14)29-21/h2-5,10-11,13,19H,6-9H2,1H3,(H,23,24)/t19-/m1/s1. The van der Waals surface area contributed by atoms with Crippen molar-refractivity contribution in [3.8, 4) is 0 Å². The third kappa shape index (κ3) is 2.46. The van der Waals surface area contributed by atoms with Crippen LogP contribution in [0.4, 0.5) is 0 Å². The van der Waals surface area contributed by atoms with Crippen molar-refractivity contribution in [2.24, 2.45) is 0 Å². The zero-order valence-corrected chi connectivity index (χ0v) is 16.0. The number of carbonyl (C=O) groups is 1. The average molecular weight is 388 g/mol. The average Bonchev–Trinajstić information content (AvgIpc) is 3.15. The fourth-order valence-corrected chi connectivity index (χ4v) is 4.48. The highest BCUT2D eigenvalue weighted by molar-refractivity contribution is 5.93. The molecular weight excluding hydrogens is 368 g/mol. The van der Waals surface area contributed by atoms with Crippen molar-refractivity contribution in [1.29, 1.82) is 0 Å². The van der Waals surface area contributed by atoms with Gasteiger partial charge in [-0.1, -0.05) is 18.2 Å². The third-order valence-corrected chi connectivity index (χ3v) is 6.02. The van der Waals surface area contributed by atoms with Gasteiger partial charge in [0, 0.05) is 29.6 Å². The maximum Gasteiger partial charge on any atom is 0.292 e. The van der Waals surface area contributed by atoms with Gasteiger partial charge in [0.1, 0.15) is 17.4 Å². The number of fused-ring (bicyclic) bond motifs is 2. The molecule has 1 saturated carbocycles. The molecule has 3 aromatic heterocycles. The van der Waals surface area contributed by atoms with Crippen molar-refractivity contribution < 1.29 is 13.6 Å². The second-order valence-electron chi connectivity index (χ2n) is 7.83. The largest absolute Gasteiger partial charge is 0.458 e. The molecule has 7 heteroatoms. The molecule has 7 nitrogen and oxygen atoms in total.